The molecule has 0 aliphatic rings. The number of nitrogens with one attached hydrogen (secondary N) is 1. The number of sulfonamides is 1. The van der Waals surface area contributed by atoms with E-state index in [0.717, 1.165) is 0 Å². The zero-order valence-electron chi connectivity index (χ0n) is 13.5. The SMILES string of the molecule is Cc1nn(C)c(Oc2cccnc2)c1NS(=O)(=O)c1ccccc1Cl. The molecule has 9 heteroatoms. The third kappa shape index (κ3) is 3.59. The zero-order valence-corrected chi connectivity index (χ0v) is 15.0. The van der Waals surface area contributed by atoms with Gasteiger partial charge in [0.15, 0.2) is 0 Å². The molecule has 2 heterocycles. The standard InChI is InChI=1S/C16H15ClN4O3S/c1-11-15(20-25(22,23)14-8-4-3-7-13(14)17)16(21(2)19-11)24-12-6-5-9-18-10-12/h3-10,20H,1-2H3. The van der Waals surface area contributed by atoms with Crippen LogP contribution in [0.5, 0.6) is 11.6 Å². The smallest absolute Gasteiger partial charge is 0.263 e. The van der Waals surface area contributed by atoms with Crippen molar-refractivity contribution in [1.29, 1.82) is 0 Å². The molecule has 0 aliphatic carbocycles. The van der Waals surface area contributed by atoms with E-state index >= 15 is 0 Å². The molecule has 7 nitrogen and oxygen atoms in total. The maximum absolute atomic E-state index is 12.7. The molecule has 0 radical (unpaired) electrons. The lowest BCUT2D eigenvalue weighted by Crippen LogP contribution is -2.14. The molecule has 0 saturated heterocycles. The van der Waals surface area contributed by atoms with Gasteiger partial charge in [0.05, 0.1) is 16.9 Å². The molecule has 0 aliphatic heterocycles. The first-order chi connectivity index (χ1) is 11.9. The van der Waals surface area contributed by atoms with Crippen LogP contribution in [0.25, 0.3) is 0 Å². The molecular formula is C16H15ClN4O3S. The van der Waals surface area contributed by atoms with E-state index in [-0.39, 0.29) is 21.5 Å². The first kappa shape index (κ1) is 17.2. The topological polar surface area (TPSA) is 86.1 Å². The fraction of sp³-hybridized carbons (Fsp3) is 0.125. The Morgan fingerprint density at radius 2 is 1.96 bits per heavy atom. The summed E-state index contributed by atoms with van der Waals surface area (Å²) in [6, 6.07) is 9.63. The summed E-state index contributed by atoms with van der Waals surface area (Å²) in [5, 5.41) is 4.35. The van der Waals surface area contributed by atoms with E-state index in [0.29, 0.717) is 11.4 Å². The number of aryl methyl sites for hydroxylation is 2. The van der Waals surface area contributed by atoms with Gasteiger partial charge in [-0.1, -0.05) is 23.7 Å². The summed E-state index contributed by atoms with van der Waals surface area (Å²) < 4.78 is 35.1. The second-order valence-corrected chi connectivity index (χ2v) is 7.27. The van der Waals surface area contributed by atoms with Gasteiger partial charge >= 0.3 is 0 Å². The Bertz CT molecular complexity index is 1000. The maximum Gasteiger partial charge on any atom is 0.263 e. The summed E-state index contributed by atoms with van der Waals surface area (Å²) in [6.45, 7) is 1.68. The van der Waals surface area contributed by atoms with Gasteiger partial charge in [-0.25, -0.2) is 13.1 Å². The first-order valence-corrected chi connectivity index (χ1v) is 9.13. The van der Waals surface area contributed by atoms with Crippen LogP contribution in [0.15, 0.2) is 53.7 Å². The minimum absolute atomic E-state index is 0.0211. The van der Waals surface area contributed by atoms with Crippen molar-refractivity contribution in [1.82, 2.24) is 14.8 Å². The third-order valence-corrected chi connectivity index (χ3v) is 5.23. The lowest BCUT2D eigenvalue weighted by Gasteiger charge is -2.12. The summed E-state index contributed by atoms with van der Waals surface area (Å²) in [5.41, 5.74) is 0.711. The predicted octanol–water partition coefficient (Wildman–Crippen LogP) is 3.37. The van der Waals surface area contributed by atoms with Crippen molar-refractivity contribution < 1.29 is 13.2 Å². The van der Waals surface area contributed by atoms with E-state index in [1.807, 2.05) is 0 Å². The number of pyridine rings is 1. The number of benzene rings is 1. The van der Waals surface area contributed by atoms with E-state index < -0.39 is 10.0 Å². The molecule has 0 bridgehead atoms. The van der Waals surface area contributed by atoms with Gasteiger partial charge in [0.2, 0.25) is 5.88 Å². The van der Waals surface area contributed by atoms with Gasteiger partial charge in [0.1, 0.15) is 16.3 Å². The fourth-order valence-corrected chi connectivity index (χ4v) is 3.88. The van der Waals surface area contributed by atoms with Crippen molar-refractivity contribution in [2.24, 2.45) is 7.05 Å². The number of aromatic nitrogens is 3. The van der Waals surface area contributed by atoms with Crippen LogP contribution >= 0.6 is 11.6 Å². The van der Waals surface area contributed by atoms with Crippen LogP contribution in [-0.2, 0) is 17.1 Å². The van der Waals surface area contributed by atoms with Crippen molar-refractivity contribution in [3.05, 3.63) is 59.5 Å². The van der Waals surface area contributed by atoms with Crippen LogP contribution in [-0.4, -0.2) is 23.2 Å². The molecule has 3 aromatic rings. The minimum atomic E-state index is -3.90. The Kier molecular flexibility index (Phi) is 4.65. The van der Waals surface area contributed by atoms with Crippen LogP contribution < -0.4 is 9.46 Å². The quantitative estimate of drug-likeness (QED) is 0.735. The number of anilines is 1. The van der Waals surface area contributed by atoms with Crippen LogP contribution in [0.4, 0.5) is 5.69 Å². The highest BCUT2D eigenvalue weighted by molar-refractivity contribution is 7.92. The highest BCUT2D eigenvalue weighted by Gasteiger charge is 2.24. The van der Waals surface area contributed by atoms with E-state index in [9.17, 15) is 8.42 Å². The Morgan fingerprint density at radius 3 is 2.64 bits per heavy atom. The molecule has 2 aromatic heterocycles. The Balaban J connectivity index is 1.99. The first-order valence-electron chi connectivity index (χ1n) is 7.27. The van der Waals surface area contributed by atoms with Crippen LogP contribution in [0.3, 0.4) is 0 Å². The number of hydrogen-bond acceptors (Lipinski definition) is 5. The lowest BCUT2D eigenvalue weighted by atomic mass is 10.4. The predicted molar refractivity (Wildman–Crippen MR) is 94.5 cm³/mol. The monoisotopic (exact) mass is 378 g/mol. The Labute approximate surface area is 150 Å². The van der Waals surface area contributed by atoms with Gasteiger partial charge < -0.3 is 4.74 Å². The fourth-order valence-electron chi connectivity index (χ4n) is 2.24. The van der Waals surface area contributed by atoms with E-state index in [2.05, 4.69) is 14.8 Å². The molecule has 0 unspecified atom stereocenters. The zero-order chi connectivity index (χ0) is 18.0. The van der Waals surface area contributed by atoms with Crippen LogP contribution in [0.1, 0.15) is 5.69 Å². The van der Waals surface area contributed by atoms with Crippen LogP contribution in [0.2, 0.25) is 5.02 Å². The second-order valence-electron chi connectivity index (χ2n) is 5.22. The molecule has 0 saturated carbocycles. The van der Waals surface area contributed by atoms with Crippen molar-refractivity contribution >= 4 is 27.3 Å². The number of nitrogens with zero attached hydrogens (tertiary/aromatic N) is 3. The maximum atomic E-state index is 12.7. The van der Waals surface area contributed by atoms with Crippen molar-refractivity contribution in [2.45, 2.75) is 11.8 Å². The highest BCUT2D eigenvalue weighted by Crippen LogP contribution is 2.34. The third-order valence-electron chi connectivity index (χ3n) is 3.38. The van der Waals surface area contributed by atoms with Gasteiger partial charge in [-0.15, -0.1) is 0 Å². The largest absolute Gasteiger partial charge is 0.436 e. The van der Waals surface area contributed by atoms with Crippen molar-refractivity contribution in [3.63, 3.8) is 0 Å². The van der Waals surface area contributed by atoms with Gasteiger partial charge in [0.25, 0.3) is 10.0 Å². The molecule has 0 spiro atoms. The lowest BCUT2D eigenvalue weighted by molar-refractivity contribution is 0.430. The van der Waals surface area contributed by atoms with Gasteiger partial charge in [-0.3, -0.25) is 9.71 Å². The number of hydrogen-bond donors (Lipinski definition) is 1. The molecule has 0 atom stereocenters. The number of ether oxygens (including phenoxy) is 1. The molecule has 1 aromatic carbocycles. The second kappa shape index (κ2) is 6.73. The van der Waals surface area contributed by atoms with Gasteiger partial charge in [0, 0.05) is 13.2 Å². The molecule has 1 N–H and O–H groups in total. The molecule has 130 valence electrons. The summed E-state index contributed by atoms with van der Waals surface area (Å²) in [5.74, 6) is 0.713. The summed E-state index contributed by atoms with van der Waals surface area (Å²) in [7, 11) is -2.24. The normalized spacial score (nSPS) is 11.3. The number of rotatable bonds is 5. The highest BCUT2D eigenvalue weighted by atomic mass is 35.5. The average Bonchev–Trinajstić information content (AvgIpc) is 2.83. The Morgan fingerprint density at radius 1 is 1.20 bits per heavy atom. The van der Waals surface area contributed by atoms with Gasteiger partial charge in [-0.2, -0.15) is 5.10 Å². The molecule has 0 amide bonds. The van der Waals surface area contributed by atoms with Crippen molar-refractivity contribution in [3.8, 4) is 11.6 Å². The van der Waals surface area contributed by atoms with Crippen molar-refractivity contribution in [2.75, 3.05) is 4.72 Å². The van der Waals surface area contributed by atoms with Crippen LogP contribution in [0, 0.1) is 6.92 Å². The summed E-state index contributed by atoms with van der Waals surface area (Å²) >= 11 is 6.01. The molecule has 25 heavy (non-hydrogen) atoms. The molecule has 3 rings (SSSR count). The average molecular weight is 379 g/mol. The van der Waals surface area contributed by atoms with E-state index in [1.54, 1.807) is 44.4 Å². The van der Waals surface area contributed by atoms with E-state index in [4.69, 9.17) is 16.3 Å². The molecule has 0 fully saturated rings. The summed E-state index contributed by atoms with van der Waals surface area (Å²) in [4.78, 5) is 3.95. The Hall–Kier alpha value is -2.58. The number of halogens is 1. The van der Waals surface area contributed by atoms with E-state index in [1.165, 1.54) is 23.0 Å². The van der Waals surface area contributed by atoms with Gasteiger partial charge in [-0.05, 0) is 31.2 Å². The molecular weight excluding hydrogens is 364 g/mol. The minimum Gasteiger partial charge on any atom is -0.436 e. The summed E-state index contributed by atoms with van der Waals surface area (Å²) in [6.07, 6.45) is 3.14.